The minimum Gasteiger partial charge on any atom is -0.321 e. The van der Waals surface area contributed by atoms with Gasteiger partial charge in [0.25, 0.3) is 5.91 Å². The van der Waals surface area contributed by atoms with Crippen molar-refractivity contribution in [1.82, 2.24) is 0 Å². The summed E-state index contributed by atoms with van der Waals surface area (Å²) >= 11 is 0. The van der Waals surface area contributed by atoms with E-state index in [1.807, 2.05) is 48.7 Å². The van der Waals surface area contributed by atoms with Gasteiger partial charge in [0.15, 0.2) is 0 Å². The van der Waals surface area contributed by atoms with E-state index in [2.05, 4.69) is 16.4 Å². The lowest BCUT2D eigenvalue weighted by Gasteiger charge is -2.01. The second-order valence-corrected chi connectivity index (χ2v) is 4.96. The van der Waals surface area contributed by atoms with Crippen LogP contribution in [0.2, 0.25) is 0 Å². The first kappa shape index (κ1) is 11.2. The summed E-state index contributed by atoms with van der Waals surface area (Å²) in [5.41, 5.74) is 5.80. The lowest BCUT2D eigenvalue weighted by molar-refractivity contribution is -0.110. The van der Waals surface area contributed by atoms with Crippen molar-refractivity contribution in [3.63, 3.8) is 0 Å². The molecule has 0 aliphatic carbocycles. The topological polar surface area (TPSA) is 41.5 Å². The third-order valence-electron chi connectivity index (χ3n) is 3.67. The van der Waals surface area contributed by atoms with Crippen LogP contribution in [0.25, 0.3) is 11.6 Å². The van der Waals surface area contributed by atoms with Crippen LogP contribution in [-0.2, 0) is 11.2 Å². The molecule has 0 atom stereocenters. The molecule has 0 radical (unpaired) electrons. The minimum atomic E-state index is -0.0461. The van der Waals surface area contributed by atoms with Gasteiger partial charge in [-0.1, -0.05) is 30.3 Å². The molecule has 1 amide bonds. The number of carbonyl (C=O) groups excluding carboxylic acids is 1. The Morgan fingerprint density at radius 2 is 2.05 bits per heavy atom. The fraction of sp³-hybridized carbons (Fsp3) is 0.0588. The van der Waals surface area contributed by atoms with Crippen molar-refractivity contribution < 1.29 is 4.79 Å². The summed E-state index contributed by atoms with van der Waals surface area (Å²) in [6.45, 7) is 0. The number of carbonyl (C=O) groups is 1. The Bertz CT molecular complexity index is 787. The highest BCUT2D eigenvalue weighted by Gasteiger charge is 2.23. The Morgan fingerprint density at radius 3 is 3.00 bits per heavy atom. The molecule has 0 fully saturated rings. The number of hydrogen-bond acceptors (Lipinski definition) is 2. The van der Waals surface area contributed by atoms with E-state index in [0.717, 1.165) is 28.9 Å². The molecule has 96 valence electrons. The van der Waals surface area contributed by atoms with Crippen molar-refractivity contribution in [1.29, 1.82) is 0 Å². The number of anilines is 1. The highest BCUT2D eigenvalue weighted by Crippen LogP contribution is 2.33. The van der Waals surface area contributed by atoms with Crippen LogP contribution in [0.5, 0.6) is 0 Å². The largest absolute Gasteiger partial charge is 0.321 e. The number of nitrogens with one attached hydrogen (secondary N) is 1. The molecule has 2 aromatic rings. The van der Waals surface area contributed by atoms with Crippen molar-refractivity contribution >= 4 is 35.1 Å². The van der Waals surface area contributed by atoms with Crippen LogP contribution in [0.15, 0.2) is 47.5 Å². The lowest BCUT2D eigenvalue weighted by Crippen LogP contribution is -2.03. The molecular weight excluding hydrogens is 248 g/mol. The summed E-state index contributed by atoms with van der Waals surface area (Å²) < 4.78 is 0. The third kappa shape index (κ3) is 1.67. The number of fused-ring (bicyclic) bond motifs is 2. The van der Waals surface area contributed by atoms with E-state index in [9.17, 15) is 4.79 Å². The van der Waals surface area contributed by atoms with Crippen molar-refractivity contribution in [3.8, 4) is 0 Å². The second-order valence-electron chi connectivity index (χ2n) is 4.96. The maximum Gasteiger partial charge on any atom is 0.256 e. The molecule has 0 unspecified atom stereocenters. The molecule has 2 aromatic carbocycles. The smallest absolute Gasteiger partial charge is 0.256 e. The summed E-state index contributed by atoms with van der Waals surface area (Å²) in [4.78, 5) is 16.4. The maximum absolute atomic E-state index is 12.1. The molecule has 1 N–H and O–H groups in total. The number of para-hydroxylation sites is 1. The van der Waals surface area contributed by atoms with Gasteiger partial charge in [-0.15, -0.1) is 0 Å². The Balaban J connectivity index is 1.81. The van der Waals surface area contributed by atoms with Gasteiger partial charge in [0.2, 0.25) is 0 Å². The number of nitrogens with zero attached hydrogens (tertiary/aromatic N) is 1. The van der Waals surface area contributed by atoms with E-state index in [0.29, 0.717) is 5.57 Å². The third-order valence-corrected chi connectivity index (χ3v) is 3.67. The quantitative estimate of drug-likeness (QED) is 0.784. The summed E-state index contributed by atoms with van der Waals surface area (Å²) in [5, 5.41) is 2.88. The van der Waals surface area contributed by atoms with Crippen LogP contribution in [0.1, 0.15) is 16.7 Å². The van der Waals surface area contributed by atoms with Gasteiger partial charge in [-0.25, -0.2) is 0 Å². The molecule has 0 bridgehead atoms. The predicted octanol–water partition coefficient (Wildman–Crippen LogP) is 3.44. The van der Waals surface area contributed by atoms with Crippen molar-refractivity contribution in [2.24, 2.45) is 4.99 Å². The molecule has 20 heavy (non-hydrogen) atoms. The van der Waals surface area contributed by atoms with Gasteiger partial charge >= 0.3 is 0 Å². The molecule has 2 aliphatic rings. The standard InChI is InChI=1S/C17H12N2O/c20-17-14(13-3-1-2-4-15(13)19-17)9-11-5-6-12-7-8-18-16(12)10-11/h1-6,8-10H,7H2,(H,19,20). The summed E-state index contributed by atoms with van der Waals surface area (Å²) in [5.74, 6) is -0.0461. The van der Waals surface area contributed by atoms with E-state index < -0.39 is 0 Å². The van der Waals surface area contributed by atoms with Crippen LogP contribution in [0, 0.1) is 0 Å². The van der Waals surface area contributed by atoms with Gasteiger partial charge in [-0.05, 0) is 29.3 Å². The zero-order valence-electron chi connectivity index (χ0n) is 10.8. The molecule has 0 aromatic heterocycles. The van der Waals surface area contributed by atoms with Crippen molar-refractivity contribution in [2.45, 2.75) is 6.42 Å². The Labute approximate surface area is 116 Å². The van der Waals surface area contributed by atoms with Crippen molar-refractivity contribution in [2.75, 3.05) is 5.32 Å². The van der Waals surface area contributed by atoms with Crippen molar-refractivity contribution in [3.05, 3.63) is 59.2 Å². The maximum atomic E-state index is 12.1. The molecule has 2 heterocycles. The first-order valence-corrected chi connectivity index (χ1v) is 6.59. The average Bonchev–Trinajstić information content (AvgIpc) is 3.04. The molecule has 3 heteroatoms. The van der Waals surface area contributed by atoms with Gasteiger partial charge in [0.1, 0.15) is 0 Å². The van der Waals surface area contributed by atoms with E-state index in [-0.39, 0.29) is 5.91 Å². The fourth-order valence-electron chi connectivity index (χ4n) is 2.65. The molecule has 0 spiro atoms. The zero-order chi connectivity index (χ0) is 13.5. The van der Waals surface area contributed by atoms with Crippen LogP contribution in [-0.4, -0.2) is 12.1 Å². The van der Waals surface area contributed by atoms with Crippen LogP contribution in [0.4, 0.5) is 11.4 Å². The number of rotatable bonds is 1. The molecule has 2 aliphatic heterocycles. The van der Waals surface area contributed by atoms with Gasteiger partial charge in [-0.3, -0.25) is 9.79 Å². The fourth-order valence-corrected chi connectivity index (χ4v) is 2.65. The number of hydrogen-bond donors (Lipinski definition) is 1. The van der Waals surface area contributed by atoms with E-state index in [4.69, 9.17) is 0 Å². The van der Waals surface area contributed by atoms with E-state index in [1.165, 1.54) is 5.56 Å². The van der Waals surface area contributed by atoms with Gasteiger partial charge in [-0.2, -0.15) is 0 Å². The first-order valence-electron chi connectivity index (χ1n) is 6.59. The number of benzene rings is 2. The number of amides is 1. The molecule has 3 nitrogen and oxygen atoms in total. The number of aliphatic imine (C=N–C) groups is 1. The predicted molar refractivity (Wildman–Crippen MR) is 81.2 cm³/mol. The second kappa shape index (κ2) is 4.17. The molecule has 0 saturated heterocycles. The monoisotopic (exact) mass is 260 g/mol. The average molecular weight is 260 g/mol. The zero-order valence-corrected chi connectivity index (χ0v) is 10.8. The molecule has 0 saturated carbocycles. The Hall–Kier alpha value is -2.68. The highest BCUT2D eigenvalue weighted by molar-refractivity contribution is 6.34. The van der Waals surface area contributed by atoms with Gasteiger partial charge < -0.3 is 5.32 Å². The molecular formula is C17H12N2O. The van der Waals surface area contributed by atoms with Crippen LogP contribution < -0.4 is 5.32 Å². The van der Waals surface area contributed by atoms with Gasteiger partial charge in [0, 0.05) is 29.5 Å². The first-order chi connectivity index (χ1) is 9.81. The Kier molecular flexibility index (Phi) is 2.33. The summed E-state index contributed by atoms with van der Waals surface area (Å²) in [7, 11) is 0. The van der Waals surface area contributed by atoms with E-state index >= 15 is 0 Å². The molecule has 4 rings (SSSR count). The normalized spacial score (nSPS) is 17.2. The van der Waals surface area contributed by atoms with E-state index in [1.54, 1.807) is 0 Å². The lowest BCUT2D eigenvalue weighted by atomic mass is 10.0. The van der Waals surface area contributed by atoms with Crippen LogP contribution in [0.3, 0.4) is 0 Å². The summed E-state index contributed by atoms with van der Waals surface area (Å²) in [6.07, 6.45) is 4.74. The highest BCUT2D eigenvalue weighted by atomic mass is 16.2. The van der Waals surface area contributed by atoms with Gasteiger partial charge in [0.05, 0.1) is 5.69 Å². The summed E-state index contributed by atoms with van der Waals surface area (Å²) in [6, 6.07) is 13.9. The SMILES string of the molecule is O=C1Nc2ccccc2C1=Cc1ccc2c(c1)N=CC2. The van der Waals surface area contributed by atoms with Crippen LogP contribution >= 0.6 is 0 Å². The minimum absolute atomic E-state index is 0.0461. The Morgan fingerprint density at radius 1 is 1.15 bits per heavy atom.